The highest BCUT2D eigenvalue weighted by molar-refractivity contribution is 5.98. The highest BCUT2D eigenvalue weighted by Crippen LogP contribution is 2.47. The summed E-state index contributed by atoms with van der Waals surface area (Å²) in [6.07, 6.45) is 4.74. The maximum atomic E-state index is 13.3. The Hall–Kier alpha value is -2.92. The molecule has 5 nitrogen and oxygen atoms in total. The Balaban J connectivity index is 1.44. The van der Waals surface area contributed by atoms with Crippen LogP contribution < -0.4 is 16.0 Å². The predicted octanol–water partition coefficient (Wildman–Crippen LogP) is 3.50. The predicted molar refractivity (Wildman–Crippen MR) is 116 cm³/mol. The molecule has 2 aliphatic rings. The minimum atomic E-state index is -0.294. The summed E-state index contributed by atoms with van der Waals surface area (Å²) in [5.74, 6) is -0.00811. The van der Waals surface area contributed by atoms with Crippen molar-refractivity contribution in [3.8, 4) is 0 Å². The molecule has 3 aromatic rings. The number of carbonyl (C=O) groups excluding carboxylic acids is 1. The maximum absolute atomic E-state index is 13.3. The van der Waals surface area contributed by atoms with Crippen molar-refractivity contribution in [2.24, 2.45) is 5.73 Å². The van der Waals surface area contributed by atoms with Gasteiger partial charge in [-0.1, -0.05) is 24.3 Å². The number of nitrogens with one attached hydrogen (secondary N) is 1. The van der Waals surface area contributed by atoms with E-state index in [1.165, 1.54) is 0 Å². The van der Waals surface area contributed by atoms with Crippen LogP contribution in [0.15, 0.2) is 54.7 Å². The number of rotatable bonds is 4. The zero-order valence-electron chi connectivity index (χ0n) is 16.7. The number of aryl methyl sites for hydroxylation is 1. The van der Waals surface area contributed by atoms with Crippen LogP contribution in [0.3, 0.4) is 0 Å². The monoisotopic (exact) mass is 386 g/mol. The van der Waals surface area contributed by atoms with Gasteiger partial charge >= 0.3 is 0 Å². The van der Waals surface area contributed by atoms with Gasteiger partial charge in [-0.2, -0.15) is 0 Å². The average Bonchev–Trinajstić information content (AvgIpc) is 3.38. The van der Waals surface area contributed by atoms with Gasteiger partial charge in [0, 0.05) is 42.0 Å². The lowest BCUT2D eigenvalue weighted by molar-refractivity contribution is 0.0930. The third-order valence-corrected chi connectivity index (χ3v) is 6.32. The Bertz CT molecular complexity index is 1080. The fraction of sp³-hybridized carbons (Fsp3) is 0.333. The van der Waals surface area contributed by atoms with Gasteiger partial charge in [-0.3, -0.25) is 9.78 Å². The zero-order valence-corrected chi connectivity index (χ0v) is 16.7. The lowest BCUT2D eigenvalue weighted by Gasteiger charge is -2.22. The summed E-state index contributed by atoms with van der Waals surface area (Å²) in [6, 6.07) is 16.5. The van der Waals surface area contributed by atoms with Gasteiger partial charge in [0.25, 0.3) is 5.91 Å². The fourth-order valence-corrected chi connectivity index (χ4v) is 4.46. The van der Waals surface area contributed by atoms with Gasteiger partial charge in [0.15, 0.2) is 0 Å². The van der Waals surface area contributed by atoms with Crippen molar-refractivity contribution in [2.75, 3.05) is 18.0 Å². The van der Waals surface area contributed by atoms with E-state index in [0.29, 0.717) is 0 Å². The highest BCUT2D eigenvalue weighted by atomic mass is 16.1. The third kappa shape index (κ3) is 3.25. The lowest BCUT2D eigenvalue weighted by atomic mass is 9.99. The normalized spacial score (nSPS) is 20.1. The number of carbonyl (C=O) groups is 1. The molecule has 2 aromatic carbocycles. The second-order valence-electron chi connectivity index (χ2n) is 8.41. The van der Waals surface area contributed by atoms with Gasteiger partial charge in [-0.05, 0) is 61.6 Å². The van der Waals surface area contributed by atoms with E-state index in [-0.39, 0.29) is 17.5 Å². The van der Waals surface area contributed by atoms with E-state index in [1.54, 1.807) is 0 Å². The Morgan fingerprint density at radius 3 is 2.79 bits per heavy atom. The molecule has 5 heteroatoms. The topological polar surface area (TPSA) is 71.2 Å². The van der Waals surface area contributed by atoms with Crippen LogP contribution in [-0.2, 0) is 5.54 Å². The molecule has 1 unspecified atom stereocenters. The minimum Gasteiger partial charge on any atom is -0.370 e. The molecule has 1 amide bonds. The van der Waals surface area contributed by atoms with Gasteiger partial charge in [0.2, 0.25) is 0 Å². The molecule has 1 saturated carbocycles. The molecule has 148 valence electrons. The SMILES string of the molecule is Cc1ccc(N2CCC(N)C2)cc1C(=O)NC1(c2ccnc3ccccc23)CC1. The van der Waals surface area contributed by atoms with Gasteiger partial charge in [0.1, 0.15) is 0 Å². The summed E-state index contributed by atoms with van der Waals surface area (Å²) in [7, 11) is 0. The van der Waals surface area contributed by atoms with Crippen molar-refractivity contribution < 1.29 is 4.79 Å². The molecule has 5 rings (SSSR count). The number of nitrogens with two attached hydrogens (primary N) is 1. The molecule has 1 aromatic heterocycles. The van der Waals surface area contributed by atoms with Gasteiger partial charge in [-0.25, -0.2) is 0 Å². The second-order valence-corrected chi connectivity index (χ2v) is 8.41. The summed E-state index contributed by atoms with van der Waals surface area (Å²) in [5.41, 5.74) is 10.7. The number of fused-ring (bicyclic) bond motifs is 1. The van der Waals surface area contributed by atoms with E-state index >= 15 is 0 Å². The summed E-state index contributed by atoms with van der Waals surface area (Å²) >= 11 is 0. The number of para-hydroxylation sites is 1. The Kier molecular flexibility index (Phi) is 4.28. The van der Waals surface area contributed by atoms with Crippen molar-refractivity contribution in [2.45, 2.75) is 37.8 Å². The molecule has 0 bridgehead atoms. The van der Waals surface area contributed by atoms with E-state index < -0.39 is 0 Å². The summed E-state index contributed by atoms with van der Waals surface area (Å²) in [4.78, 5) is 20.0. The van der Waals surface area contributed by atoms with E-state index in [2.05, 4.69) is 27.3 Å². The molecule has 1 aliphatic carbocycles. The van der Waals surface area contributed by atoms with Crippen LogP contribution in [-0.4, -0.2) is 30.0 Å². The standard InChI is InChI=1S/C24H26N4O/c1-16-6-7-18(28-13-9-17(25)15-28)14-20(16)23(29)27-24(10-11-24)21-8-12-26-22-5-3-2-4-19(21)22/h2-8,12,14,17H,9-11,13,15,25H2,1H3,(H,27,29). The Morgan fingerprint density at radius 2 is 2.03 bits per heavy atom. The number of anilines is 1. The average molecular weight is 386 g/mol. The number of benzene rings is 2. The fourth-order valence-electron chi connectivity index (χ4n) is 4.46. The first-order chi connectivity index (χ1) is 14.1. The number of pyridine rings is 1. The van der Waals surface area contributed by atoms with Gasteiger partial charge < -0.3 is 16.0 Å². The third-order valence-electron chi connectivity index (χ3n) is 6.32. The molecule has 2 fully saturated rings. The first-order valence-corrected chi connectivity index (χ1v) is 10.3. The number of aromatic nitrogens is 1. The first-order valence-electron chi connectivity index (χ1n) is 10.3. The molecule has 29 heavy (non-hydrogen) atoms. The Morgan fingerprint density at radius 1 is 1.21 bits per heavy atom. The van der Waals surface area contributed by atoms with Crippen LogP contribution in [0.4, 0.5) is 5.69 Å². The van der Waals surface area contributed by atoms with Crippen LogP contribution in [0.2, 0.25) is 0 Å². The largest absolute Gasteiger partial charge is 0.370 e. The highest BCUT2D eigenvalue weighted by Gasteiger charge is 2.46. The second kappa shape index (κ2) is 6.85. The minimum absolute atomic E-state index is 0.00811. The molecule has 1 atom stereocenters. The van der Waals surface area contributed by atoms with Gasteiger partial charge in [0.05, 0.1) is 11.1 Å². The first kappa shape index (κ1) is 18.1. The molecule has 1 aliphatic heterocycles. The summed E-state index contributed by atoms with van der Waals surface area (Å²) in [6.45, 7) is 3.78. The maximum Gasteiger partial charge on any atom is 0.252 e. The van der Waals surface area contributed by atoms with Crippen LogP contribution >= 0.6 is 0 Å². The van der Waals surface area contributed by atoms with E-state index in [0.717, 1.165) is 65.6 Å². The zero-order chi connectivity index (χ0) is 20.0. The molecular weight excluding hydrogens is 360 g/mol. The van der Waals surface area contributed by atoms with Crippen molar-refractivity contribution in [1.82, 2.24) is 10.3 Å². The van der Waals surface area contributed by atoms with Crippen LogP contribution in [0.5, 0.6) is 0 Å². The molecule has 0 spiro atoms. The van der Waals surface area contributed by atoms with Crippen LogP contribution in [0.1, 0.15) is 40.7 Å². The number of nitrogens with zero attached hydrogens (tertiary/aromatic N) is 2. The smallest absolute Gasteiger partial charge is 0.252 e. The van der Waals surface area contributed by atoms with E-state index in [1.807, 2.05) is 49.5 Å². The molecule has 2 heterocycles. The Labute approximate surface area is 170 Å². The van der Waals surface area contributed by atoms with Gasteiger partial charge in [-0.15, -0.1) is 0 Å². The quantitative estimate of drug-likeness (QED) is 0.720. The van der Waals surface area contributed by atoms with Crippen molar-refractivity contribution in [3.05, 3.63) is 71.4 Å². The lowest BCUT2D eigenvalue weighted by Crippen LogP contribution is -2.35. The van der Waals surface area contributed by atoms with Crippen molar-refractivity contribution in [1.29, 1.82) is 0 Å². The van der Waals surface area contributed by atoms with Crippen LogP contribution in [0, 0.1) is 6.92 Å². The summed E-state index contributed by atoms with van der Waals surface area (Å²) in [5, 5.41) is 4.46. The molecule has 1 saturated heterocycles. The number of amides is 1. The van der Waals surface area contributed by atoms with Crippen molar-refractivity contribution >= 4 is 22.5 Å². The van der Waals surface area contributed by atoms with E-state index in [4.69, 9.17) is 5.73 Å². The van der Waals surface area contributed by atoms with Crippen LogP contribution in [0.25, 0.3) is 10.9 Å². The number of hydrogen-bond acceptors (Lipinski definition) is 4. The summed E-state index contributed by atoms with van der Waals surface area (Å²) < 4.78 is 0. The van der Waals surface area contributed by atoms with Crippen molar-refractivity contribution in [3.63, 3.8) is 0 Å². The molecule has 0 radical (unpaired) electrons. The number of hydrogen-bond donors (Lipinski definition) is 2. The molecular formula is C24H26N4O. The van der Waals surface area contributed by atoms with E-state index in [9.17, 15) is 4.79 Å². The molecule has 3 N–H and O–H groups in total.